The van der Waals surface area contributed by atoms with E-state index in [1.54, 1.807) is 12.1 Å². The summed E-state index contributed by atoms with van der Waals surface area (Å²) in [4.78, 5) is 27.0. The minimum atomic E-state index is -0.336. The van der Waals surface area contributed by atoms with Gasteiger partial charge in [-0.2, -0.15) is 0 Å². The SMILES string of the molecule is O=c1[nH]c2c(s1)[C@@H](/C=C/c1ccccc1[N+](=O)[O-])[C@H]1[C@@H]3CC[C@@H](C3)[C@@H]1S2. The number of hydrogen-bond acceptors (Lipinski definition) is 5. The predicted molar refractivity (Wildman–Crippen MR) is 104 cm³/mol. The van der Waals surface area contributed by atoms with Gasteiger partial charge in [0, 0.05) is 22.1 Å². The zero-order chi connectivity index (χ0) is 17.8. The Morgan fingerprint density at radius 3 is 2.88 bits per heavy atom. The second kappa shape index (κ2) is 6.09. The summed E-state index contributed by atoms with van der Waals surface area (Å²) in [6.07, 6.45) is 7.86. The summed E-state index contributed by atoms with van der Waals surface area (Å²) >= 11 is 3.16. The number of nitrogens with one attached hydrogen (secondary N) is 1. The van der Waals surface area contributed by atoms with Crippen LogP contribution in [-0.4, -0.2) is 15.2 Å². The molecule has 5 atom stereocenters. The minimum absolute atomic E-state index is 0.00101. The predicted octanol–water partition coefficient (Wildman–Crippen LogP) is 4.66. The van der Waals surface area contributed by atoms with Crippen LogP contribution < -0.4 is 4.87 Å². The molecule has 0 amide bonds. The van der Waals surface area contributed by atoms with Crippen molar-refractivity contribution in [3.8, 4) is 0 Å². The summed E-state index contributed by atoms with van der Waals surface area (Å²) in [6.45, 7) is 0. The molecule has 5 nitrogen and oxygen atoms in total. The van der Waals surface area contributed by atoms with Crippen molar-refractivity contribution in [2.45, 2.75) is 35.5 Å². The molecule has 0 unspecified atom stereocenters. The number of nitrogens with zero attached hydrogens (tertiary/aromatic N) is 1. The largest absolute Gasteiger partial charge is 0.307 e. The molecule has 3 aliphatic rings. The first kappa shape index (κ1) is 16.3. The lowest BCUT2D eigenvalue weighted by molar-refractivity contribution is -0.385. The van der Waals surface area contributed by atoms with Crippen LogP contribution in [0.5, 0.6) is 0 Å². The first-order valence-electron chi connectivity index (χ1n) is 8.93. The van der Waals surface area contributed by atoms with Crippen LogP contribution in [0, 0.1) is 27.9 Å². The number of aromatic amines is 1. The van der Waals surface area contributed by atoms with E-state index in [1.807, 2.05) is 23.9 Å². The van der Waals surface area contributed by atoms with Gasteiger partial charge in [0.05, 0.1) is 15.5 Å². The van der Waals surface area contributed by atoms with Crippen molar-refractivity contribution in [1.29, 1.82) is 0 Å². The Balaban J connectivity index is 1.56. The number of aromatic nitrogens is 1. The fourth-order valence-corrected chi connectivity index (χ4v) is 7.98. The molecule has 5 rings (SSSR count). The lowest BCUT2D eigenvalue weighted by Crippen LogP contribution is -2.32. The van der Waals surface area contributed by atoms with Gasteiger partial charge in [-0.3, -0.25) is 14.9 Å². The number of H-pyrrole nitrogens is 1. The zero-order valence-corrected chi connectivity index (χ0v) is 15.6. The standard InChI is InChI=1S/C19H18N2O3S2/c22-19-20-18-17(26-19)13(15-11-5-6-12(9-11)16(15)25-18)8-7-10-3-1-2-4-14(10)21(23)24/h1-4,7-8,11-13,15-16H,5-6,9H2,(H,20,22)/b8-7+/t11-,12+,13+,15-,16+/m1/s1. The Kier molecular flexibility index (Phi) is 3.83. The summed E-state index contributed by atoms with van der Waals surface area (Å²) in [6, 6.07) is 6.83. The van der Waals surface area contributed by atoms with Gasteiger partial charge in [-0.15, -0.1) is 11.8 Å². The Hall–Kier alpha value is -1.86. The minimum Gasteiger partial charge on any atom is -0.307 e. The van der Waals surface area contributed by atoms with E-state index in [4.69, 9.17) is 0 Å². The van der Waals surface area contributed by atoms with Crippen molar-refractivity contribution in [1.82, 2.24) is 4.98 Å². The smallest absolute Gasteiger partial charge is 0.305 e. The number of nitro groups is 1. The molecule has 2 fully saturated rings. The molecule has 26 heavy (non-hydrogen) atoms. The van der Waals surface area contributed by atoms with Crippen LogP contribution in [0.15, 0.2) is 40.2 Å². The summed E-state index contributed by atoms with van der Waals surface area (Å²) in [5.41, 5.74) is 0.751. The molecular weight excluding hydrogens is 368 g/mol. The molecule has 2 saturated carbocycles. The highest BCUT2D eigenvalue weighted by Gasteiger charge is 2.53. The second-order valence-corrected chi connectivity index (χ2v) is 9.60. The van der Waals surface area contributed by atoms with E-state index in [2.05, 4.69) is 11.1 Å². The maximum atomic E-state index is 12.0. The van der Waals surface area contributed by atoms with E-state index < -0.39 is 0 Å². The molecule has 0 saturated heterocycles. The Morgan fingerprint density at radius 2 is 2.04 bits per heavy atom. The molecule has 2 bridgehead atoms. The van der Waals surface area contributed by atoms with E-state index in [-0.39, 0.29) is 21.4 Å². The summed E-state index contributed by atoms with van der Waals surface area (Å²) in [5.74, 6) is 2.17. The number of rotatable bonds is 3. The van der Waals surface area contributed by atoms with Gasteiger partial charge in [0.2, 0.25) is 0 Å². The van der Waals surface area contributed by atoms with E-state index >= 15 is 0 Å². The Labute approximate surface area is 158 Å². The van der Waals surface area contributed by atoms with Gasteiger partial charge in [0.25, 0.3) is 5.69 Å². The molecule has 1 aromatic carbocycles. The fraction of sp³-hybridized carbons (Fsp3) is 0.421. The van der Waals surface area contributed by atoms with Gasteiger partial charge < -0.3 is 4.98 Å². The van der Waals surface area contributed by atoms with Gasteiger partial charge in [-0.05, 0) is 43.1 Å². The quantitative estimate of drug-likeness (QED) is 0.615. The van der Waals surface area contributed by atoms with Crippen LogP contribution >= 0.6 is 23.1 Å². The first-order valence-corrected chi connectivity index (χ1v) is 10.6. The first-order chi connectivity index (χ1) is 12.6. The Morgan fingerprint density at radius 1 is 1.23 bits per heavy atom. The highest BCUT2D eigenvalue weighted by Crippen LogP contribution is 2.62. The summed E-state index contributed by atoms with van der Waals surface area (Å²) in [7, 11) is 0. The molecule has 2 heterocycles. The molecule has 0 radical (unpaired) electrons. The lowest BCUT2D eigenvalue weighted by Gasteiger charge is -2.38. The second-order valence-electron chi connectivity index (χ2n) is 7.40. The van der Waals surface area contributed by atoms with E-state index in [9.17, 15) is 14.9 Å². The highest BCUT2D eigenvalue weighted by atomic mass is 32.2. The highest BCUT2D eigenvalue weighted by molar-refractivity contribution is 8.00. The number of hydrogen-bond donors (Lipinski definition) is 1. The average Bonchev–Trinajstić information content (AvgIpc) is 3.32. The topological polar surface area (TPSA) is 76.0 Å². The summed E-state index contributed by atoms with van der Waals surface area (Å²) in [5, 5.41) is 12.9. The lowest BCUT2D eigenvalue weighted by atomic mass is 9.77. The van der Waals surface area contributed by atoms with Crippen molar-refractivity contribution in [2.24, 2.45) is 17.8 Å². The third-order valence-electron chi connectivity index (χ3n) is 6.13. The monoisotopic (exact) mass is 386 g/mol. The van der Waals surface area contributed by atoms with Gasteiger partial charge in [-0.25, -0.2) is 0 Å². The molecule has 134 valence electrons. The molecule has 1 aromatic heterocycles. The van der Waals surface area contributed by atoms with Crippen LogP contribution in [0.2, 0.25) is 0 Å². The molecule has 7 heteroatoms. The van der Waals surface area contributed by atoms with E-state index in [0.29, 0.717) is 22.6 Å². The van der Waals surface area contributed by atoms with Gasteiger partial charge in [0.15, 0.2) is 0 Å². The molecule has 1 N–H and O–H groups in total. The number of benzene rings is 1. The van der Waals surface area contributed by atoms with Crippen LogP contribution in [0.4, 0.5) is 5.69 Å². The van der Waals surface area contributed by atoms with Gasteiger partial charge in [-0.1, -0.05) is 35.6 Å². The van der Waals surface area contributed by atoms with Crippen LogP contribution in [0.1, 0.15) is 35.6 Å². The zero-order valence-electron chi connectivity index (χ0n) is 14.0. The van der Waals surface area contributed by atoms with Gasteiger partial charge >= 0.3 is 4.87 Å². The van der Waals surface area contributed by atoms with E-state index in [0.717, 1.165) is 15.8 Å². The number of allylic oxidation sites excluding steroid dienone is 1. The molecular formula is C19H18N2O3S2. The third-order valence-corrected chi connectivity index (χ3v) is 8.77. The normalized spacial score (nSPS) is 31.9. The van der Waals surface area contributed by atoms with Gasteiger partial charge in [0.1, 0.15) is 0 Å². The van der Waals surface area contributed by atoms with Crippen LogP contribution in [0.3, 0.4) is 0 Å². The van der Waals surface area contributed by atoms with E-state index in [1.165, 1.54) is 36.7 Å². The van der Waals surface area contributed by atoms with Crippen LogP contribution in [0.25, 0.3) is 6.08 Å². The summed E-state index contributed by atoms with van der Waals surface area (Å²) < 4.78 is 0. The van der Waals surface area contributed by atoms with Crippen molar-refractivity contribution < 1.29 is 4.92 Å². The maximum absolute atomic E-state index is 12.0. The molecule has 1 aliphatic heterocycles. The fourth-order valence-electron chi connectivity index (χ4n) is 5.12. The average molecular weight is 386 g/mol. The molecule has 2 aromatic rings. The number of para-hydroxylation sites is 1. The van der Waals surface area contributed by atoms with Crippen molar-refractivity contribution in [3.05, 3.63) is 60.6 Å². The van der Waals surface area contributed by atoms with Crippen molar-refractivity contribution in [3.63, 3.8) is 0 Å². The number of thiazole rings is 1. The maximum Gasteiger partial charge on any atom is 0.305 e. The molecule has 0 spiro atoms. The number of fused-ring (bicyclic) bond motifs is 6. The van der Waals surface area contributed by atoms with Crippen molar-refractivity contribution in [2.75, 3.05) is 0 Å². The molecule has 2 aliphatic carbocycles. The number of thioether (sulfide) groups is 1. The van der Waals surface area contributed by atoms with Crippen molar-refractivity contribution >= 4 is 34.9 Å². The Bertz CT molecular complexity index is 964. The number of nitro benzene ring substituents is 1. The third kappa shape index (κ3) is 2.48. The van der Waals surface area contributed by atoms with Crippen LogP contribution in [-0.2, 0) is 0 Å².